The van der Waals surface area contributed by atoms with E-state index in [-0.39, 0.29) is 12.0 Å². The van der Waals surface area contributed by atoms with Crippen LogP contribution < -0.4 is 4.74 Å². The van der Waals surface area contributed by atoms with Gasteiger partial charge in [-0.05, 0) is 80.4 Å². The molecule has 178 valence electrons. The maximum Gasteiger partial charge on any atom is 0.119 e. The van der Waals surface area contributed by atoms with Gasteiger partial charge in [-0.1, -0.05) is 23.6 Å². The molecule has 4 rings (SSSR count). The van der Waals surface area contributed by atoms with Crippen molar-refractivity contribution in [2.24, 2.45) is 5.41 Å². The molecule has 1 aromatic carbocycles. The van der Waals surface area contributed by atoms with E-state index < -0.39 is 6.10 Å². The Hall–Kier alpha value is -2.69. The molecule has 1 atom stereocenters. The van der Waals surface area contributed by atoms with Crippen molar-refractivity contribution in [3.05, 3.63) is 65.1 Å². The fraction of sp³-hybridized carbons (Fsp3) is 0.407. The van der Waals surface area contributed by atoms with Crippen molar-refractivity contribution in [3.63, 3.8) is 0 Å². The second-order valence-corrected chi connectivity index (χ2v) is 9.32. The zero-order valence-corrected chi connectivity index (χ0v) is 20.1. The van der Waals surface area contributed by atoms with Crippen molar-refractivity contribution >= 4 is 22.5 Å². The molecule has 0 bridgehead atoms. The Morgan fingerprint density at radius 3 is 2.74 bits per heavy atom. The normalized spacial score (nSPS) is 16.6. The van der Waals surface area contributed by atoms with Crippen molar-refractivity contribution < 1.29 is 14.9 Å². The Bertz CT molecular complexity index is 1170. The summed E-state index contributed by atoms with van der Waals surface area (Å²) in [4.78, 5) is 10.9. The Labute approximate surface area is 205 Å². The number of ether oxygens (including phenoxy) is 1. The average Bonchev–Trinajstić information content (AvgIpc) is 2.88. The monoisotopic (exact) mass is 479 g/mol. The lowest BCUT2D eigenvalue weighted by Crippen LogP contribution is -2.42. The molecule has 0 saturated carbocycles. The summed E-state index contributed by atoms with van der Waals surface area (Å²) in [7, 11) is 1.61. The zero-order chi connectivity index (χ0) is 24.0. The van der Waals surface area contributed by atoms with Crippen molar-refractivity contribution in [3.8, 4) is 17.6 Å². The molecule has 2 aromatic heterocycles. The highest BCUT2D eigenvalue weighted by molar-refractivity contribution is 6.32. The number of benzene rings is 1. The summed E-state index contributed by atoms with van der Waals surface area (Å²) in [5, 5.41) is 22.6. The fourth-order valence-electron chi connectivity index (χ4n) is 4.57. The molecule has 34 heavy (non-hydrogen) atoms. The summed E-state index contributed by atoms with van der Waals surface area (Å²) in [6, 6.07) is 11.3. The van der Waals surface area contributed by atoms with E-state index in [0.717, 1.165) is 42.5 Å². The Morgan fingerprint density at radius 1 is 1.21 bits per heavy atom. The van der Waals surface area contributed by atoms with E-state index >= 15 is 0 Å². The topological polar surface area (TPSA) is 78.7 Å². The van der Waals surface area contributed by atoms with Gasteiger partial charge in [-0.2, -0.15) is 0 Å². The van der Waals surface area contributed by atoms with Gasteiger partial charge in [0.15, 0.2) is 0 Å². The summed E-state index contributed by atoms with van der Waals surface area (Å²) >= 11 is 6.46. The standard InChI is InChI=1S/C27H30ClN3O3/c1-34-21-7-8-24-22(17-21)26(23(28)18-30-24)25(33)9-10-27(19-32)11-15-31(16-12-27)14-4-6-20-5-2-3-13-29-20/h2-3,5,7-8,13,17-18,25,32-33H,9-12,14-16,19H2,1H3/t25-/m0/s1. The van der Waals surface area contributed by atoms with Crippen LogP contribution in [0.4, 0.5) is 0 Å². The van der Waals surface area contributed by atoms with Crippen LogP contribution in [0.2, 0.25) is 5.02 Å². The van der Waals surface area contributed by atoms with E-state index in [1.54, 1.807) is 19.5 Å². The van der Waals surface area contributed by atoms with Crippen LogP contribution in [0.1, 0.15) is 43.0 Å². The predicted octanol–water partition coefficient (Wildman–Crippen LogP) is 4.23. The number of fused-ring (bicyclic) bond motifs is 1. The van der Waals surface area contributed by atoms with Gasteiger partial charge in [0.05, 0.1) is 30.3 Å². The largest absolute Gasteiger partial charge is 0.497 e. The summed E-state index contributed by atoms with van der Waals surface area (Å²) in [6.07, 6.45) is 5.52. The number of halogens is 1. The second kappa shape index (κ2) is 11.2. The van der Waals surface area contributed by atoms with Crippen LogP contribution in [0.25, 0.3) is 10.9 Å². The number of piperidine rings is 1. The molecule has 1 fully saturated rings. The molecule has 0 unspecified atom stereocenters. The maximum atomic E-state index is 11.1. The van der Waals surface area contributed by atoms with Gasteiger partial charge in [0.2, 0.25) is 0 Å². The molecule has 1 aliphatic heterocycles. The molecule has 6 nitrogen and oxygen atoms in total. The molecule has 3 aromatic rings. The second-order valence-electron chi connectivity index (χ2n) is 8.91. The molecule has 0 amide bonds. The van der Waals surface area contributed by atoms with E-state index in [9.17, 15) is 10.2 Å². The third kappa shape index (κ3) is 5.68. The maximum absolute atomic E-state index is 11.1. The molecule has 1 saturated heterocycles. The van der Waals surface area contributed by atoms with Crippen molar-refractivity contribution in [1.82, 2.24) is 14.9 Å². The molecule has 3 heterocycles. The van der Waals surface area contributed by atoms with Crippen LogP contribution in [0, 0.1) is 17.3 Å². The van der Waals surface area contributed by atoms with Gasteiger partial charge in [0.25, 0.3) is 0 Å². The number of nitrogens with zero attached hydrogens (tertiary/aromatic N) is 3. The van der Waals surface area contributed by atoms with Crippen LogP contribution >= 0.6 is 11.6 Å². The molecular formula is C27H30ClN3O3. The molecule has 0 aliphatic carbocycles. The number of methoxy groups -OCH3 is 1. The third-order valence-corrected chi connectivity index (χ3v) is 7.09. The minimum atomic E-state index is -0.754. The lowest BCUT2D eigenvalue weighted by Gasteiger charge is -2.40. The van der Waals surface area contributed by atoms with E-state index in [0.29, 0.717) is 35.7 Å². The van der Waals surface area contributed by atoms with Crippen LogP contribution in [0.5, 0.6) is 5.75 Å². The molecule has 0 spiro atoms. The van der Waals surface area contributed by atoms with E-state index in [2.05, 4.69) is 26.7 Å². The minimum absolute atomic E-state index is 0.103. The Morgan fingerprint density at radius 2 is 2.03 bits per heavy atom. The molecular weight excluding hydrogens is 450 g/mol. The quantitative estimate of drug-likeness (QED) is 0.494. The van der Waals surface area contributed by atoms with Crippen LogP contribution in [-0.4, -0.2) is 58.4 Å². The average molecular weight is 480 g/mol. The first-order chi connectivity index (χ1) is 16.5. The zero-order valence-electron chi connectivity index (χ0n) is 19.4. The van der Waals surface area contributed by atoms with Crippen molar-refractivity contribution in [1.29, 1.82) is 0 Å². The summed E-state index contributed by atoms with van der Waals surface area (Å²) in [6.45, 7) is 2.51. The highest BCUT2D eigenvalue weighted by atomic mass is 35.5. The van der Waals surface area contributed by atoms with Crippen molar-refractivity contribution in [2.45, 2.75) is 31.8 Å². The number of rotatable bonds is 7. The van der Waals surface area contributed by atoms with E-state index in [1.165, 1.54) is 0 Å². The van der Waals surface area contributed by atoms with Gasteiger partial charge in [-0.3, -0.25) is 9.88 Å². The first-order valence-corrected chi connectivity index (χ1v) is 11.9. The van der Waals surface area contributed by atoms with Gasteiger partial charge in [0.1, 0.15) is 11.4 Å². The van der Waals surface area contributed by atoms with Crippen LogP contribution in [-0.2, 0) is 0 Å². The Kier molecular flexibility index (Phi) is 8.02. The third-order valence-electron chi connectivity index (χ3n) is 6.79. The fourth-order valence-corrected chi connectivity index (χ4v) is 4.85. The van der Waals surface area contributed by atoms with E-state index in [4.69, 9.17) is 16.3 Å². The number of likely N-dealkylation sites (tertiary alicyclic amines) is 1. The van der Waals surface area contributed by atoms with Gasteiger partial charge >= 0.3 is 0 Å². The van der Waals surface area contributed by atoms with Crippen molar-refractivity contribution in [2.75, 3.05) is 33.4 Å². The SMILES string of the molecule is COc1ccc2ncc(Cl)c([C@@H](O)CCC3(CO)CCN(CC#Cc4ccccn4)CC3)c2c1. The first kappa shape index (κ1) is 24.4. The lowest BCUT2D eigenvalue weighted by atomic mass is 9.74. The number of aliphatic hydroxyl groups is 2. The van der Waals surface area contributed by atoms with Crippen LogP contribution in [0.3, 0.4) is 0 Å². The number of aliphatic hydroxyl groups excluding tert-OH is 2. The minimum Gasteiger partial charge on any atom is -0.497 e. The van der Waals surface area contributed by atoms with Gasteiger partial charge in [0, 0.05) is 30.0 Å². The highest BCUT2D eigenvalue weighted by Gasteiger charge is 2.34. The summed E-state index contributed by atoms with van der Waals surface area (Å²) in [5.41, 5.74) is 1.99. The molecule has 7 heteroatoms. The number of hydrogen-bond donors (Lipinski definition) is 2. The van der Waals surface area contributed by atoms with E-state index in [1.807, 2.05) is 36.4 Å². The summed E-state index contributed by atoms with van der Waals surface area (Å²) < 4.78 is 5.35. The smallest absolute Gasteiger partial charge is 0.119 e. The lowest BCUT2D eigenvalue weighted by molar-refractivity contribution is 0.0273. The summed E-state index contributed by atoms with van der Waals surface area (Å²) in [5.74, 6) is 6.99. The number of aromatic nitrogens is 2. The number of hydrogen-bond acceptors (Lipinski definition) is 6. The van der Waals surface area contributed by atoms with Gasteiger partial charge in [-0.15, -0.1) is 0 Å². The van der Waals surface area contributed by atoms with Crippen LogP contribution in [0.15, 0.2) is 48.8 Å². The molecule has 2 N–H and O–H groups in total. The molecule has 1 aliphatic rings. The first-order valence-electron chi connectivity index (χ1n) is 11.6. The number of pyridine rings is 2. The van der Waals surface area contributed by atoms with Gasteiger partial charge < -0.3 is 14.9 Å². The van der Waals surface area contributed by atoms with Gasteiger partial charge in [-0.25, -0.2) is 4.98 Å². The highest BCUT2D eigenvalue weighted by Crippen LogP contribution is 2.40. The Balaban J connectivity index is 1.38. The molecule has 0 radical (unpaired) electrons. The predicted molar refractivity (Wildman–Crippen MR) is 134 cm³/mol.